The molecule has 2 aliphatic heterocycles. The molecular weight excluding hydrogens is 464 g/mol. The van der Waals surface area contributed by atoms with Crippen molar-refractivity contribution < 1.29 is 14.7 Å². The van der Waals surface area contributed by atoms with Crippen LogP contribution in [-0.2, 0) is 11.3 Å². The molecule has 1 fully saturated rings. The minimum absolute atomic E-state index is 0.0198. The van der Waals surface area contributed by atoms with E-state index in [1.165, 1.54) is 27.7 Å². The van der Waals surface area contributed by atoms with Gasteiger partial charge in [0.2, 0.25) is 18.2 Å². The lowest BCUT2D eigenvalue weighted by molar-refractivity contribution is -0.116. The van der Waals surface area contributed by atoms with Crippen molar-refractivity contribution in [2.24, 2.45) is 0 Å². The van der Waals surface area contributed by atoms with Crippen LogP contribution >= 0.6 is 0 Å². The Balaban J connectivity index is 1.29. The molecule has 1 unspecified atom stereocenters. The van der Waals surface area contributed by atoms with Crippen LogP contribution in [0.4, 0.5) is 17.6 Å². The largest absolute Gasteiger partial charge is 0.356 e. The summed E-state index contributed by atoms with van der Waals surface area (Å²) in [6.45, 7) is 5.13. The number of rotatable bonds is 5. The third-order valence-corrected chi connectivity index (χ3v) is 6.64. The summed E-state index contributed by atoms with van der Waals surface area (Å²) in [6.07, 6.45) is 7.38. The fourth-order valence-corrected chi connectivity index (χ4v) is 4.57. The average Bonchev–Trinajstić information content (AvgIpc) is 3.44. The molecule has 0 spiro atoms. The van der Waals surface area contributed by atoms with Crippen molar-refractivity contribution in [1.29, 1.82) is 0 Å². The molecule has 0 bridgehead atoms. The number of imidazole rings is 1. The van der Waals surface area contributed by atoms with E-state index in [0.29, 0.717) is 29.0 Å². The number of carbonyl (C=O) groups excluding carboxylic acids is 2. The van der Waals surface area contributed by atoms with Gasteiger partial charge in [-0.05, 0) is 32.8 Å². The number of amides is 2. The van der Waals surface area contributed by atoms with Gasteiger partial charge in [0.25, 0.3) is 5.91 Å². The summed E-state index contributed by atoms with van der Waals surface area (Å²) in [6, 6.07) is 1.58. The number of carbonyl (C=O) groups is 2. The van der Waals surface area contributed by atoms with Gasteiger partial charge in [-0.1, -0.05) is 0 Å². The van der Waals surface area contributed by atoms with E-state index >= 15 is 0 Å². The second-order valence-corrected chi connectivity index (χ2v) is 9.57. The molecule has 2 amide bonds. The normalized spacial score (nSPS) is 19.0. The van der Waals surface area contributed by atoms with Gasteiger partial charge < -0.3 is 24.8 Å². The summed E-state index contributed by atoms with van der Waals surface area (Å²) in [5.41, 5.74) is 0.874. The second kappa shape index (κ2) is 8.82. The van der Waals surface area contributed by atoms with Crippen LogP contribution in [0.3, 0.4) is 0 Å². The van der Waals surface area contributed by atoms with E-state index in [-0.39, 0.29) is 17.8 Å². The van der Waals surface area contributed by atoms with E-state index in [2.05, 4.69) is 49.0 Å². The van der Waals surface area contributed by atoms with Crippen LogP contribution in [0.25, 0.3) is 11.4 Å². The summed E-state index contributed by atoms with van der Waals surface area (Å²) in [4.78, 5) is 52.2. The van der Waals surface area contributed by atoms with Crippen LogP contribution in [0, 0.1) is 0 Å². The van der Waals surface area contributed by atoms with E-state index in [9.17, 15) is 14.7 Å². The zero-order chi connectivity index (χ0) is 25.6. The number of aliphatic hydroxyl groups is 1. The highest BCUT2D eigenvalue weighted by Crippen LogP contribution is 2.31. The first-order chi connectivity index (χ1) is 17.2. The molecule has 36 heavy (non-hydrogen) atoms. The van der Waals surface area contributed by atoms with E-state index in [4.69, 9.17) is 0 Å². The number of aromatic nitrogens is 6. The van der Waals surface area contributed by atoms with Gasteiger partial charge in [0.05, 0.1) is 11.9 Å². The van der Waals surface area contributed by atoms with Crippen LogP contribution in [0.5, 0.6) is 0 Å². The highest BCUT2D eigenvalue weighted by atomic mass is 16.3. The van der Waals surface area contributed by atoms with Crippen molar-refractivity contribution in [3.05, 3.63) is 36.7 Å². The van der Waals surface area contributed by atoms with Gasteiger partial charge in [0.15, 0.2) is 17.3 Å². The summed E-state index contributed by atoms with van der Waals surface area (Å²) in [7, 11) is 3.10. The number of hydrogen-bond donors (Lipinski definition) is 2. The van der Waals surface area contributed by atoms with E-state index in [1.807, 2.05) is 0 Å². The van der Waals surface area contributed by atoms with E-state index in [0.717, 1.165) is 19.4 Å². The number of nitrogens with one attached hydrogen (secondary N) is 1. The molecule has 1 saturated heterocycles. The summed E-state index contributed by atoms with van der Waals surface area (Å²) >= 11 is 0. The van der Waals surface area contributed by atoms with Crippen LogP contribution in [-0.4, -0.2) is 83.8 Å². The minimum Gasteiger partial charge on any atom is -0.356 e. The Kier molecular flexibility index (Phi) is 5.79. The molecule has 1 atom stereocenters. The third kappa shape index (κ3) is 4.11. The van der Waals surface area contributed by atoms with Crippen molar-refractivity contribution in [3.8, 4) is 11.4 Å². The fourth-order valence-electron chi connectivity index (χ4n) is 4.57. The SMILES string of the molecule is CN1C(=O)c2c(ncn2CC(=O)Nc2ccnc(-c3cnc(N4CCCC4(C)C)nc3)n2)N(C)C1O. The van der Waals surface area contributed by atoms with Crippen molar-refractivity contribution in [2.75, 3.05) is 35.8 Å². The first-order valence-corrected chi connectivity index (χ1v) is 11.6. The van der Waals surface area contributed by atoms with Gasteiger partial charge in [-0.25, -0.2) is 24.9 Å². The highest BCUT2D eigenvalue weighted by molar-refractivity contribution is 6.00. The molecule has 2 aliphatic rings. The number of hydrogen-bond acceptors (Lipinski definition) is 10. The van der Waals surface area contributed by atoms with Gasteiger partial charge in [0.1, 0.15) is 12.4 Å². The Hall–Kier alpha value is -4.13. The zero-order valence-electron chi connectivity index (χ0n) is 20.6. The lowest BCUT2D eigenvalue weighted by Gasteiger charge is -2.36. The Morgan fingerprint density at radius 3 is 2.61 bits per heavy atom. The number of nitrogens with zero attached hydrogens (tertiary/aromatic N) is 9. The van der Waals surface area contributed by atoms with Crippen LogP contribution in [0.1, 0.15) is 37.2 Å². The lowest BCUT2D eigenvalue weighted by Crippen LogP contribution is -2.52. The molecule has 2 N–H and O–H groups in total. The van der Waals surface area contributed by atoms with E-state index in [1.54, 1.807) is 31.7 Å². The van der Waals surface area contributed by atoms with Gasteiger partial charge in [0, 0.05) is 44.8 Å². The minimum atomic E-state index is -1.12. The molecule has 0 aromatic carbocycles. The lowest BCUT2D eigenvalue weighted by atomic mass is 10.0. The summed E-state index contributed by atoms with van der Waals surface area (Å²) < 4.78 is 1.44. The molecule has 3 aromatic heterocycles. The molecule has 188 valence electrons. The van der Waals surface area contributed by atoms with E-state index < -0.39 is 18.2 Å². The van der Waals surface area contributed by atoms with Gasteiger partial charge in [-0.2, -0.15) is 0 Å². The molecule has 0 saturated carbocycles. The zero-order valence-corrected chi connectivity index (χ0v) is 20.6. The van der Waals surface area contributed by atoms with Crippen LogP contribution < -0.4 is 15.1 Å². The summed E-state index contributed by atoms with van der Waals surface area (Å²) in [5, 5.41) is 12.9. The quantitative estimate of drug-likeness (QED) is 0.528. The summed E-state index contributed by atoms with van der Waals surface area (Å²) in [5.74, 6) is 0.848. The predicted octanol–water partition coefficient (Wildman–Crippen LogP) is 0.945. The molecule has 13 nitrogen and oxygen atoms in total. The van der Waals surface area contributed by atoms with Crippen molar-refractivity contribution in [2.45, 2.75) is 45.1 Å². The number of aliphatic hydroxyl groups excluding tert-OH is 1. The molecule has 3 aromatic rings. The Bertz CT molecular complexity index is 1310. The predicted molar refractivity (Wildman–Crippen MR) is 131 cm³/mol. The van der Waals surface area contributed by atoms with Gasteiger partial charge in [-0.15, -0.1) is 0 Å². The first kappa shape index (κ1) is 23.6. The molecule has 13 heteroatoms. The first-order valence-electron chi connectivity index (χ1n) is 11.6. The fraction of sp³-hybridized carbons (Fsp3) is 0.435. The van der Waals surface area contributed by atoms with Crippen LogP contribution in [0.2, 0.25) is 0 Å². The van der Waals surface area contributed by atoms with Gasteiger partial charge in [-0.3, -0.25) is 14.5 Å². The number of fused-ring (bicyclic) bond motifs is 1. The molecular formula is C23H28N10O3. The van der Waals surface area contributed by atoms with Gasteiger partial charge >= 0.3 is 0 Å². The van der Waals surface area contributed by atoms with Crippen molar-refractivity contribution >= 4 is 29.4 Å². The third-order valence-electron chi connectivity index (χ3n) is 6.64. The Morgan fingerprint density at radius 1 is 1.17 bits per heavy atom. The molecule has 0 radical (unpaired) electrons. The van der Waals surface area contributed by atoms with Crippen LogP contribution in [0.15, 0.2) is 31.0 Å². The maximum atomic E-state index is 12.8. The highest BCUT2D eigenvalue weighted by Gasteiger charge is 2.36. The molecule has 0 aliphatic carbocycles. The second-order valence-electron chi connectivity index (χ2n) is 9.57. The Labute approximate surface area is 207 Å². The maximum absolute atomic E-state index is 12.8. The monoisotopic (exact) mass is 492 g/mol. The van der Waals surface area contributed by atoms with Crippen molar-refractivity contribution in [3.63, 3.8) is 0 Å². The van der Waals surface area contributed by atoms with Crippen molar-refractivity contribution in [1.82, 2.24) is 34.4 Å². The topological polar surface area (TPSA) is 146 Å². The Morgan fingerprint density at radius 2 is 1.92 bits per heavy atom. The maximum Gasteiger partial charge on any atom is 0.277 e. The standard InChI is InChI=1S/C23H28N10O3/c1-23(2)7-5-9-33(23)21-25-10-14(11-26-21)18-24-8-6-15(29-18)28-16(34)12-32-13-27-19-17(32)20(35)31(4)22(36)30(19)3/h6,8,10-11,13,22,36H,5,7,9,12H2,1-4H3,(H,24,28,29,34). The molecule has 5 rings (SSSR count). The molecule has 5 heterocycles. The number of anilines is 3. The average molecular weight is 493 g/mol. The smallest absolute Gasteiger partial charge is 0.277 e.